The molecule has 2 aliphatic heterocycles. The Labute approximate surface area is 125 Å². The van der Waals surface area contributed by atoms with Gasteiger partial charge in [-0.1, -0.05) is 20.8 Å². The zero-order valence-corrected chi connectivity index (χ0v) is 13.9. The Morgan fingerprint density at radius 2 is 1.90 bits per heavy atom. The molecule has 2 fully saturated rings. The molecular formula is C17H34N2O. The average molecular weight is 282 g/mol. The van der Waals surface area contributed by atoms with Crippen LogP contribution in [-0.2, 0) is 4.74 Å². The molecule has 0 saturated carbocycles. The molecule has 0 aromatic rings. The van der Waals surface area contributed by atoms with Gasteiger partial charge in [0, 0.05) is 25.2 Å². The number of likely N-dealkylation sites (tertiary alicyclic amines) is 1. The fourth-order valence-electron chi connectivity index (χ4n) is 3.73. The lowest BCUT2D eigenvalue weighted by atomic mass is 10.1. The van der Waals surface area contributed by atoms with Crippen molar-refractivity contribution in [3.8, 4) is 0 Å². The minimum atomic E-state index is 0.441. The van der Waals surface area contributed by atoms with Crippen molar-refractivity contribution in [3.05, 3.63) is 0 Å². The number of hydrogen-bond donors (Lipinski definition) is 1. The summed E-state index contributed by atoms with van der Waals surface area (Å²) >= 11 is 0. The summed E-state index contributed by atoms with van der Waals surface area (Å²) in [6, 6.07) is 1.55. The molecule has 2 heterocycles. The number of rotatable bonds is 7. The predicted molar refractivity (Wildman–Crippen MR) is 85.1 cm³/mol. The first-order valence-electron chi connectivity index (χ1n) is 8.72. The zero-order chi connectivity index (χ0) is 14.5. The van der Waals surface area contributed by atoms with Crippen molar-refractivity contribution in [1.29, 1.82) is 0 Å². The second kappa shape index (κ2) is 7.77. The highest BCUT2D eigenvalue weighted by Crippen LogP contribution is 2.29. The average Bonchev–Trinajstić information content (AvgIpc) is 2.98. The van der Waals surface area contributed by atoms with E-state index in [0.29, 0.717) is 12.2 Å². The SMILES string of the molecule is CCC1CCC(C)N1CC1CCC(CNCC(C)C)O1. The van der Waals surface area contributed by atoms with Gasteiger partial charge >= 0.3 is 0 Å². The Morgan fingerprint density at radius 1 is 1.15 bits per heavy atom. The molecule has 0 aromatic carbocycles. The maximum absolute atomic E-state index is 6.24. The van der Waals surface area contributed by atoms with Crippen LogP contribution in [0.25, 0.3) is 0 Å². The van der Waals surface area contributed by atoms with Crippen molar-refractivity contribution in [2.75, 3.05) is 19.6 Å². The Bertz CT molecular complexity index is 282. The van der Waals surface area contributed by atoms with E-state index in [1.165, 1.54) is 32.1 Å². The molecule has 0 aromatic heterocycles. The Hall–Kier alpha value is -0.120. The van der Waals surface area contributed by atoms with Crippen LogP contribution >= 0.6 is 0 Å². The summed E-state index contributed by atoms with van der Waals surface area (Å²) in [7, 11) is 0. The zero-order valence-electron chi connectivity index (χ0n) is 13.9. The summed E-state index contributed by atoms with van der Waals surface area (Å²) in [5, 5.41) is 3.53. The van der Waals surface area contributed by atoms with Crippen LogP contribution in [0, 0.1) is 5.92 Å². The van der Waals surface area contributed by atoms with Gasteiger partial charge in [0.25, 0.3) is 0 Å². The summed E-state index contributed by atoms with van der Waals surface area (Å²) in [4.78, 5) is 2.70. The molecule has 0 bridgehead atoms. The van der Waals surface area contributed by atoms with Gasteiger partial charge in [0.1, 0.15) is 0 Å². The van der Waals surface area contributed by atoms with Gasteiger partial charge in [-0.2, -0.15) is 0 Å². The van der Waals surface area contributed by atoms with Gasteiger partial charge in [-0.3, -0.25) is 4.90 Å². The van der Waals surface area contributed by atoms with E-state index < -0.39 is 0 Å². The second-order valence-electron chi connectivity index (χ2n) is 7.19. The van der Waals surface area contributed by atoms with E-state index in [1.807, 2.05) is 0 Å². The lowest BCUT2D eigenvalue weighted by molar-refractivity contribution is 0.0135. The third kappa shape index (κ3) is 4.44. The molecule has 2 rings (SSSR count). The number of nitrogens with one attached hydrogen (secondary N) is 1. The van der Waals surface area contributed by atoms with Gasteiger partial charge in [0.2, 0.25) is 0 Å². The molecule has 118 valence electrons. The van der Waals surface area contributed by atoms with Gasteiger partial charge in [-0.25, -0.2) is 0 Å². The number of nitrogens with zero attached hydrogens (tertiary/aromatic N) is 1. The first-order valence-corrected chi connectivity index (χ1v) is 8.72. The summed E-state index contributed by atoms with van der Waals surface area (Å²) in [5.74, 6) is 0.725. The molecule has 0 radical (unpaired) electrons. The van der Waals surface area contributed by atoms with Crippen molar-refractivity contribution in [2.45, 2.75) is 84.1 Å². The van der Waals surface area contributed by atoms with Gasteiger partial charge in [-0.05, 0) is 51.5 Å². The van der Waals surface area contributed by atoms with Crippen LogP contribution in [0.3, 0.4) is 0 Å². The maximum Gasteiger partial charge on any atom is 0.0707 e. The van der Waals surface area contributed by atoms with Gasteiger partial charge in [0.15, 0.2) is 0 Å². The summed E-state index contributed by atoms with van der Waals surface area (Å²) in [5.41, 5.74) is 0. The van der Waals surface area contributed by atoms with Gasteiger partial charge in [0.05, 0.1) is 12.2 Å². The van der Waals surface area contributed by atoms with Crippen LogP contribution in [0.4, 0.5) is 0 Å². The minimum absolute atomic E-state index is 0.441. The van der Waals surface area contributed by atoms with Crippen LogP contribution in [0.1, 0.15) is 59.8 Å². The van der Waals surface area contributed by atoms with Gasteiger partial charge in [-0.15, -0.1) is 0 Å². The molecular weight excluding hydrogens is 248 g/mol. The highest BCUT2D eigenvalue weighted by atomic mass is 16.5. The smallest absolute Gasteiger partial charge is 0.0707 e. The number of hydrogen-bond acceptors (Lipinski definition) is 3. The standard InChI is InChI=1S/C17H34N2O/c1-5-15-7-6-14(4)19(15)12-17-9-8-16(20-17)11-18-10-13(2)3/h13-18H,5-12H2,1-4H3. The fourth-order valence-corrected chi connectivity index (χ4v) is 3.73. The van der Waals surface area contributed by atoms with E-state index in [2.05, 4.69) is 37.9 Å². The summed E-state index contributed by atoms with van der Waals surface area (Å²) < 4.78 is 6.24. The highest BCUT2D eigenvalue weighted by molar-refractivity contribution is 4.88. The predicted octanol–water partition coefficient (Wildman–Crippen LogP) is 3.04. The molecule has 0 amide bonds. The van der Waals surface area contributed by atoms with E-state index >= 15 is 0 Å². The quantitative estimate of drug-likeness (QED) is 0.777. The van der Waals surface area contributed by atoms with Crippen LogP contribution in [-0.4, -0.2) is 48.8 Å². The fraction of sp³-hybridized carbons (Fsp3) is 1.00. The summed E-state index contributed by atoms with van der Waals surface area (Å²) in [6.45, 7) is 12.5. The van der Waals surface area contributed by atoms with Crippen molar-refractivity contribution in [2.24, 2.45) is 5.92 Å². The Balaban J connectivity index is 1.70. The molecule has 20 heavy (non-hydrogen) atoms. The molecule has 3 nitrogen and oxygen atoms in total. The van der Waals surface area contributed by atoms with Crippen molar-refractivity contribution < 1.29 is 4.74 Å². The van der Waals surface area contributed by atoms with Crippen LogP contribution in [0.5, 0.6) is 0 Å². The topological polar surface area (TPSA) is 24.5 Å². The van der Waals surface area contributed by atoms with Crippen LogP contribution < -0.4 is 5.32 Å². The van der Waals surface area contributed by atoms with Crippen molar-refractivity contribution in [3.63, 3.8) is 0 Å². The van der Waals surface area contributed by atoms with Crippen molar-refractivity contribution >= 4 is 0 Å². The lowest BCUT2D eigenvalue weighted by Gasteiger charge is -2.30. The molecule has 2 saturated heterocycles. The Kier molecular flexibility index (Phi) is 6.31. The van der Waals surface area contributed by atoms with Crippen LogP contribution in [0.15, 0.2) is 0 Å². The molecule has 2 aliphatic rings. The first kappa shape index (κ1) is 16.3. The molecule has 4 atom stereocenters. The van der Waals surface area contributed by atoms with Crippen LogP contribution in [0.2, 0.25) is 0 Å². The van der Waals surface area contributed by atoms with Crippen molar-refractivity contribution in [1.82, 2.24) is 10.2 Å². The van der Waals surface area contributed by atoms with E-state index in [-0.39, 0.29) is 0 Å². The lowest BCUT2D eigenvalue weighted by Crippen LogP contribution is -2.40. The first-order chi connectivity index (χ1) is 9.60. The molecule has 1 N–H and O–H groups in total. The van der Waals surface area contributed by atoms with E-state index in [0.717, 1.165) is 37.6 Å². The molecule has 0 spiro atoms. The van der Waals surface area contributed by atoms with E-state index in [1.54, 1.807) is 0 Å². The monoisotopic (exact) mass is 282 g/mol. The maximum atomic E-state index is 6.24. The summed E-state index contributed by atoms with van der Waals surface area (Å²) in [6.07, 6.45) is 7.42. The van der Waals surface area contributed by atoms with E-state index in [4.69, 9.17) is 4.74 Å². The second-order valence-corrected chi connectivity index (χ2v) is 7.19. The Morgan fingerprint density at radius 3 is 2.60 bits per heavy atom. The minimum Gasteiger partial charge on any atom is -0.372 e. The van der Waals surface area contributed by atoms with E-state index in [9.17, 15) is 0 Å². The highest BCUT2D eigenvalue weighted by Gasteiger charge is 2.34. The normalized spacial score (nSPS) is 35.2. The third-order valence-electron chi connectivity index (χ3n) is 4.96. The largest absolute Gasteiger partial charge is 0.372 e. The molecule has 4 unspecified atom stereocenters. The molecule has 0 aliphatic carbocycles. The third-order valence-corrected chi connectivity index (χ3v) is 4.96. The number of ether oxygens (including phenoxy) is 1. The molecule has 3 heteroatoms. The van der Waals surface area contributed by atoms with Gasteiger partial charge < -0.3 is 10.1 Å².